The van der Waals surface area contributed by atoms with Gasteiger partial charge < -0.3 is 29.3 Å². The van der Waals surface area contributed by atoms with E-state index in [-0.39, 0.29) is 24.7 Å². The molecular formula is C23H33N9O5. The van der Waals surface area contributed by atoms with Gasteiger partial charge in [-0.05, 0) is 25.8 Å². The number of likely N-dealkylation sites (N-methyl/N-ethyl adjacent to an activating group) is 1. The van der Waals surface area contributed by atoms with Crippen molar-refractivity contribution < 1.29 is 23.8 Å². The van der Waals surface area contributed by atoms with Gasteiger partial charge in [0, 0.05) is 32.9 Å². The average molecular weight is 516 g/mol. The molecule has 0 aromatic carbocycles. The summed E-state index contributed by atoms with van der Waals surface area (Å²) < 4.78 is 15.9. The molecule has 2 fully saturated rings. The van der Waals surface area contributed by atoms with Crippen molar-refractivity contribution in [1.29, 1.82) is 0 Å². The Morgan fingerprint density at radius 3 is 2.89 bits per heavy atom. The van der Waals surface area contributed by atoms with Gasteiger partial charge in [-0.3, -0.25) is 10.6 Å². The number of aromatic nitrogens is 4. The molecule has 2 aromatic rings. The van der Waals surface area contributed by atoms with Crippen molar-refractivity contribution in [3.05, 3.63) is 24.7 Å². The normalized spacial score (nSPS) is 19.6. The zero-order chi connectivity index (χ0) is 26.0. The van der Waals surface area contributed by atoms with Gasteiger partial charge in [0.25, 0.3) is 0 Å². The van der Waals surface area contributed by atoms with Gasteiger partial charge in [-0.15, -0.1) is 0 Å². The van der Waals surface area contributed by atoms with E-state index in [0.29, 0.717) is 49.8 Å². The Morgan fingerprint density at radius 1 is 1.24 bits per heavy atom. The molecule has 14 heteroatoms. The van der Waals surface area contributed by atoms with Gasteiger partial charge in [0.05, 0.1) is 44.3 Å². The molecular weight excluding hydrogens is 482 g/mol. The summed E-state index contributed by atoms with van der Waals surface area (Å²) in [6, 6.07) is 1.22. The average Bonchev–Trinajstić information content (AvgIpc) is 2.93. The SMILES string of the molecule is CCOc1cnc(NC(=O)N(C)[C@@H]2CCCN(c3nccc(NC(=O)OC[C@@H]4COCCN4)n3)C2)cn1. The first kappa shape index (κ1) is 26.3. The number of nitrogens with zero attached hydrogens (tertiary/aromatic N) is 6. The summed E-state index contributed by atoms with van der Waals surface area (Å²) in [5.74, 6) is 1.55. The number of urea groups is 1. The van der Waals surface area contributed by atoms with Crippen LogP contribution in [0.1, 0.15) is 19.8 Å². The lowest BCUT2D eigenvalue weighted by Crippen LogP contribution is -2.50. The second-order valence-corrected chi connectivity index (χ2v) is 8.65. The summed E-state index contributed by atoms with van der Waals surface area (Å²) in [5, 5.41) is 8.64. The molecule has 0 spiro atoms. The highest BCUT2D eigenvalue weighted by Gasteiger charge is 2.28. The molecule has 3 amide bonds. The molecule has 2 saturated heterocycles. The Balaban J connectivity index is 1.29. The number of carbonyl (C=O) groups excluding carboxylic acids is 2. The van der Waals surface area contributed by atoms with E-state index in [4.69, 9.17) is 14.2 Å². The number of rotatable bonds is 8. The number of ether oxygens (including phenoxy) is 3. The maximum atomic E-state index is 12.8. The van der Waals surface area contributed by atoms with E-state index < -0.39 is 6.09 Å². The van der Waals surface area contributed by atoms with E-state index >= 15 is 0 Å². The van der Waals surface area contributed by atoms with Crippen molar-refractivity contribution >= 4 is 29.7 Å². The summed E-state index contributed by atoms with van der Waals surface area (Å²) in [6.07, 6.45) is 5.60. The van der Waals surface area contributed by atoms with E-state index in [2.05, 4.69) is 35.9 Å². The minimum absolute atomic E-state index is 0.0265. The zero-order valence-electron chi connectivity index (χ0n) is 21.1. The molecule has 2 aliphatic rings. The smallest absolute Gasteiger partial charge is 0.412 e. The minimum atomic E-state index is -0.595. The lowest BCUT2D eigenvalue weighted by molar-refractivity contribution is 0.0494. The van der Waals surface area contributed by atoms with Gasteiger partial charge in [-0.25, -0.2) is 24.5 Å². The number of hydrogen-bond acceptors (Lipinski definition) is 11. The number of anilines is 3. The molecule has 2 aromatic heterocycles. The number of piperidine rings is 1. The van der Waals surface area contributed by atoms with Crippen LogP contribution in [0.15, 0.2) is 24.7 Å². The molecule has 0 aliphatic carbocycles. The molecule has 200 valence electrons. The van der Waals surface area contributed by atoms with Gasteiger partial charge in [-0.1, -0.05) is 0 Å². The van der Waals surface area contributed by atoms with Crippen LogP contribution in [0.5, 0.6) is 5.88 Å². The van der Waals surface area contributed by atoms with Crippen LogP contribution in [0, 0.1) is 0 Å². The molecule has 14 nitrogen and oxygen atoms in total. The van der Waals surface area contributed by atoms with E-state index in [9.17, 15) is 9.59 Å². The monoisotopic (exact) mass is 515 g/mol. The Hall–Kier alpha value is -3.78. The number of hydrogen-bond donors (Lipinski definition) is 3. The third kappa shape index (κ3) is 7.60. The first-order valence-electron chi connectivity index (χ1n) is 12.3. The first-order chi connectivity index (χ1) is 18.0. The van der Waals surface area contributed by atoms with E-state index in [1.165, 1.54) is 12.4 Å². The van der Waals surface area contributed by atoms with Gasteiger partial charge >= 0.3 is 12.1 Å². The van der Waals surface area contributed by atoms with E-state index in [0.717, 1.165) is 25.9 Å². The zero-order valence-corrected chi connectivity index (χ0v) is 21.1. The Labute approximate surface area is 215 Å². The summed E-state index contributed by atoms with van der Waals surface area (Å²) in [6.45, 7) is 5.71. The highest BCUT2D eigenvalue weighted by molar-refractivity contribution is 5.88. The summed E-state index contributed by atoms with van der Waals surface area (Å²) in [4.78, 5) is 45.8. The van der Waals surface area contributed by atoms with Crippen molar-refractivity contribution in [2.75, 3.05) is 68.6 Å². The van der Waals surface area contributed by atoms with Crippen LogP contribution in [0.4, 0.5) is 27.2 Å². The van der Waals surface area contributed by atoms with E-state index in [1.807, 2.05) is 11.8 Å². The fourth-order valence-corrected chi connectivity index (χ4v) is 4.03. The van der Waals surface area contributed by atoms with Gasteiger partial charge in [-0.2, -0.15) is 4.98 Å². The lowest BCUT2D eigenvalue weighted by atomic mass is 10.1. The predicted octanol–water partition coefficient (Wildman–Crippen LogP) is 1.33. The molecule has 0 unspecified atom stereocenters. The van der Waals surface area contributed by atoms with E-state index in [1.54, 1.807) is 24.2 Å². The predicted molar refractivity (Wildman–Crippen MR) is 135 cm³/mol. The molecule has 0 bridgehead atoms. The number of carbonyl (C=O) groups is 2. The van der Waals surface area contributed by atoms with Gasteiger partial charge in [0.1, 0.15) is 12.4 Å². The molecule has 0 saturated carbocycles. The maximum Gasteiger partial charge on any atom is 0.412 e. The largest absolute Gasteiger partial charge is 0.477 e. The third-order valence-electron chi connectivity index (χ3n) is 5.99. The highest BCUT2D eigenvalue weighted by atomic mass is 16.6. The maximum absolute atomic E-state index is 12.8. The number of nitrogens with one attached hydrogen (secondary N) is 3. The van der Waals surface area contributed by atoms with Crippen LogP contribution in [0.2, 0.25) is 0 Å². The van der Waals surface area contributed by atoms with Crippen LogP contribution >= 0.6 is 0 Å². The van der Waals surface area contributed by atoms with Crippen LogP contribution in [0.25, 0.3) is 0 Å². The third-order valence-corrected chi connectivity index (χ3v) is 5.99. The fourth-order valence-electron chi connectivity index (χ4n) is 4.03. The molecule has 3 N–H and O–H groups in total. The van der Waals surface area contributed by atoms with Crippen molar-refractivity contribution in [2.24, 2.45) is 0 Å². The van der Waals surface area contributed by atoms with Crippen LogP contribution < -0.4 is 25.6 Å². The molecule has 4 rings (SSSR count). The fraction of sp³-hybridized carbons (Fsp3) is 0.565. The van der Waals surface area contributed by atoms with Crippen LogP contribution in [0.3, 0.4) is 0 Å². The molecule has 2 aliphatic heterocycles. The first-order valence-corrected chi connectivity index (χ1v) is 12.3. The van der Waals surface area contributed by atoms with Gasteiger partial charge in [0.15, 0.2) is 5.82 Å². The second kappa shape index (κ2) is 13.0. The summed E-state index contributed by atoms with van der Waals surface area (Å²) in [7, 11) is 1.74. The Kier molecular flexibility index (Phi) is 9.21. The Bertz CT molecular complexity index is 1040. The van der Waals surface area contributed by atoms with Gasteiger partial charge in [0.2, 0.25) is 11.8 Å². The molecule has 4 heterocycles. The Morgan fingerprint density at radius 2 is 2.14 bits per heavy atom. The van der Waals surface area contributed by atoms with Crippen molar-refractivity contribution in [3.63, 3.8) is 0 Å². The van der Waals surface area contributed by atoms with Crippen LogP contribution in [-0.4, -0.2) is 102 Å². The summed E-state index contributed by atoms with van der Waals surface area (Å²) >= 11 is 0. The van der Waals surface area contributed by atoms with Crippen LogP contribution in [-0.2, 0) is 9.47 Å². The molecule has 37 heavy (non-hydrogen) atoms. The van der Waals surface area contributed by atoms with Crippen molar-refractivity contribution in [2.45, 2.75) is 31.8 Å². The lowest BCUT2D eigenvalue weighted by Gasteiger charge is -2.37. The highest BCUT2D eigenvalue weighted by Crippen LogP contribution is 2.21. The molecule has 2 atom stereocenters. The minimum Gasteiger partial charge on any atom is -0.477 e. The van der Waals surface area contributed by atoms with Crippen molar-refractivity contribution in [3.8, 4) is 5.88 Å². The summed E-state index contributed by atoms with van der Waals surface area (Å²) in [5.41, 5.74) is 0. The topological polar surface area (TPSA) is 156 Å². The number of morpholine rings is 1. The quantitative estimate of drug-likeness (QED) is 0.466. The van der Waals surface area contributed by atoms with Crippen molar-refractivity contribution in [1.82, 2.24) is 30.2 Å². The standard InChI is InChI=1S/C23H33N9O5/c1-3-36-20-12-26-19(11-27-20)29-22(33)31(2)17-5-4-9-32(13-17)21-25-7-6-18(28-21)30-23(34)37-15-16-14-35-10-8-24-16/h6-7,11-12,16-17,24H,3-5,8-10,13-15H2,1-2H3,(H,26,29,33)(H,25,28,30,34)/t16-,17+/m0/s1. The molecule has 0 radical (unpaired) electrons. The number of amides is 3. The second-order valence-electron chi connectivity index (χ2n) is 8.65.